The molecule has 0 radical (unpaired) electrons. The van der Waals surface area contributed by atoms with Crippen LogP contribution in [-0.4, -0.2) is 30.2 Å². The quantitative estimate of drug-likeness (QED) is 0.0865. The van der Waals surface area contributed by atoms with Crippen molar-refractivity contribution >= 4 is 5.71 Å². The maximum absolute atomic E-state index is 14.2. The summed E-state index contributed by atoms with van der Waals surface area (Å²) in [6.45, 7) is 3.92. The normalized spacial score (nSPS) is 12.8. The maximum atomic E-state index is 14.2. The average Bonchev–Trinajstić information content (AvgIpc) is 2.95. The highest BCUT2D eigenvalue weighted by Gasteiger charge is 2.38. The van der Waals surface area contributed by atoms with E-state index in [9.17, 15) is 9.60 Å². The van der Waals surface area contributed by atoms with E-state index in [1.807, 2.05) is 91.0 Å². The number of oxime groups is 1. The minimum Gasteiger partial charge on any atom is -0.411 e. The van der Waals surface area contributed by atoms with Gasteiger partial charge in [-0.3, -0.25) is 0 Å². The monoisotopic (exact) mass is 481 g/mol. The first-order valence-electron chi connectivity index (χ1n) is 11.7. The fourth-order valence-electron chi connectivity index (χ4n) is 4.20. The summed E-state index contributed by atoms with van der Waals surface area (Å²) in [6.07, 6.45) is 1.08. The van der Waals surface area contributed by atoms with Crippen LogP contribution < -0.4 is 0 Å². The SMILES string of the molecule is C=C[C@@H](COC(c1ccccc1)(c1ccccc1)c1ccccc1)OC/C(=N/O)c1ccccc1F. The average molecular weight is 482 g/mol. The van der Waals surface area contributed by atoms with Crippen molar-refractivity contribution in [3.05, 3.63) is 156 Å². The molecule has 0 saturated heterocycles. The molecule has 4 aromatic carbocycles. The van der Waals surface area contributed by atoms with Crippen LogP contribution in [0.4, 0.5) is 4.39 Å². The van der Waals surface area contributed by atoms with E-state index in [4.69, 9.17) is 9.47 Å². The minimum absolute atomic E-state index is 0.0837. The summed E-state index contributed by atoms with van der Waals surface area (Å²) < 4.78 is 26.9. The van der Waals surface area contributed by atoms with E-state index >= 15 is 0 Å². The van der Waals surface area contributed by atoms with E-state index in [1.54, 1.807) is 24.3 Å². The molecule has 182 valence electrons. The summed E-state index contributed by atoms with van der Waals surface area (Å²) in [6, 6.07) is 36.2. The standard InChI is InChI=1S/C31H28FNO3/c1-2-27(35-23-30(33-34)28-20-12-13-21-29(28)32)22-36-31(24-14-6-3-7-15-24,25-16-8-4-9-17-25)26-18-10-5-11-19-26/h2-21,27,34H,1,22-23H2/b33-30-/t27-/m0/s1. The zero-order chi connectivity index (χ0) is 25.2. The van der Waals surface area contributed by atoms with Crippen molar-refractivity contribution in [3.8, 4) is 0 Å². The lowest BCUT2D eigenvalue weighted by Crippen LogP contribution is -2.36. The molecule has 0 spiro atoms. The molecule has 0 bridgehead atoms. The Bertz CT molecular complexity index is 1180. The molecule has 4 nitrogen and oxygen atoms in total. The van der Waals surface area contributed by atoms with Crippen LogP contribution in [-0.2, 0) is 15.1 Å². The van der Waals surface area contributed by atoms with Crippen LogP contribution in [0.1, 0.15) is 22.3 Å². The van der Waals surface area contributed by atoms with Gasteiger partial charge in [-0.1, -0.05) is 114 Å². The molecule has 1 N–H and O–H groups in total. The maximum Gasteiger partial charge on any atom is 0.143 e. The highest BCUT2D eigenvalue weighted by molar-refractivity contribution is 6.01. The zero-order valence-electron chi connectivity index (χ0n) is 19.8. The van der Waals surface area contributed by atoms with E-state index in [0.29, 0.717) is 0 Å². The molecule has 0 saturated carbocycles. The van der Waals surface area contributed by atoms with Crippen molar-refractivity contribution in [2.24, 2.45) is 5.16 Å². The van der Waals surface area contributed by atoms with Gasteiger partial charge in [-0.15, -0.1) is 6.58 Å². The number of hydrogen-bond acceptors (Lipinski definition) is 4. The van der Waals surface area contributed by atoms with Crippen LogP contribution in [0.3, 0.4) is 0 Å². The molecule has 0 aliphatic rings. The molecule has 0 unspecified atom stereocenters. The summed E-state index contributed by atoms with van der Waals surface area (Å²) >= 11 is 0. The molecule has 0 aliphatic carbocycles. The second-order valence-electron chi connectivity index (χ2n) is 8.20. The third-order valence-electron chi connectivity index (χ3n) is 6.01. The predicted octanol–water partition coefficient (Wildman–Crippen LogP) is 6.58. The lowest BCUT2D eigenvalue weighted by Gasteiger charge is -2.36. The van der Waals surface area contributed by atoms with Crippen LogP contribution >= 0.6 is 0 Å². The molecule has 0 aromatic heterocycles. The molecule has 0 fully saturated rings. The Kier molecular flexibility index (Phi) is 8.40. The first-order valence-corrected chi connectivity index (χ1v) is 11.7. The van der Waals surface area contributed by atoms with Gasteiger partial charge >= 0.3 is 0 Å². The topological polar surface area (TPSA) is 51.0 Å². The third-order valence-corrected chi connectivity index (χ3v) is 6.01. The molecule has 4 rings (SSSR count). The molecular weight excluding hydrogens is 453 g/mol. The smallest absolute Gasteiger partial charge is 0.143 e. The van der Waals surface area contributed by atoms with Gasteiger partial charge in [-0.25, -0.2) is 4.39 Å². The van der Waals surface area contributed by atoms with Crippen molar-refractivity contribution < 1.29 is 19.1 Å². The van der Waals surface area contributed by atoms with Gasteiger partial charge in [0.05, 0.1) is 19.3 Å². The van der Waals surface area contributed by atoms with E-state index < -0.39 is 17.5 Å². The Balaban J connectivity index is 1.64. The first-order chi connectivity index (χ1) is 17.7. The Hall–Kier alpha value is -4.06. The largest absolute Gasteiger partial charge is 0.411 e. The fraction of sp³-hybridized carbons (Fsp3) is 0.129. The Labute approximate surface area is 211 Å². The van der Waals surface area contributed by atoms with Gasteiger partial charge in [0.15, 0.2) is 0 Å². The summed E-state index contributed by atoms with van der Waals surface area (Å²) in [5.74, 6) is -0.489. The number of rotatable bonds is 11. The van der Waals surface area contributed by atoms with Crippen LogP contribution in [0.5, 0.6) is 0 Å². The molecule has 0 heterocycles. The van der Waals surface area contributed by atoms with Crippen molar-refractivity contribution in [1.29, 1.82) is 0 Å². The number of hydrogen-bond donors (Lipinski definition) is 1. The second kappa shape index (κ2) is 12.1. The zero-order valence-corrected chi connectivity index (χ0v) is 19.8. The van der Waals surface area contributed by atoms with Crippen LogP contribution in [0.2, 0.25) is 0 Å². The number of benzene rings is 4. The van der Waals surface area contributed by atoms with Crippen LogP contribution in [0.25, 0.3) is 0 Å². The van der Waals surface area contributed by atoms with Gasteiger partial charge in [0.2, 0.25) is 0 Å². The first kappa shape index (κ1) is 25.0. The van der Waals surface area contributed by atoms with Gasteiger partial charge in [-0.2, -0.15) is 0 Å². The predicted molar refractivity (Wildman–Crippen MR) is 140 cm³/mol. The fourth-order valence-corrected chi connectivity index (χ4v) is 4.20. The minimum atomic E-state index is -0.909. The summed E-state index contributed by atoms with van der Waals surface area (Å²) in [4.78, 5) is 0. The lowest BCUT2D eigenvalue weighted by atomic mass is 9.80. The van der Waals surface area contributed by atoms with Gasteiger partial charge in [0, 0.05) is 5.56 Å². The van der Waals surface area contributed by atoms with Gasteiger partial charge in [0.25, 0.3) is 0 Å². The van der Waals surface area contributed by atoms with E-state index in [2.05, 4.69) is 11.7 Å². The van der Waals surface area contributed by atoms with Gasteiger partial charge < -0.3 is 14.7 Å². The Morgan fingerprint density at radius 1 is 0.806 bits per heavy atom. The molecule has 36 heavy (non-hydrogen) atoms. The van der Waals surface area contributed by atoms with Gasteiger partial charge in [-0.05, 0) is 28.8 Å². The molecule has 4 aromatic rings. The van der Waals surface area contributed by atoms with Crippen molar-refractivity contribution in [3.63, 3.8) is 0 Å². The second-order valence-corrected chi connectivity index (χ2v) is 8.20. The number of ether oxygens (including phenoxy) is 2. The number of nitrogens with zero attached hydrogens (tertiary/aromatic N) is 1. The van der Waals surface area contributed by atoms with E-state index in [-0.39, 0.29) is 24.5 Å². The van der Waals surface area contributed by atoms with E-state index in [1.165, 1.54) is 6.07 Å². The third kappa shape index (κ3) is 5.43. The Morgan fingerprint density at radius 3 is 1.72 bits per heavy atom. The highest BCUT2D eigenvalue weighted by atomic mass is 19.1. The van der Waals surface area contributed by atoms with Crippen molar-refractivity contribution in [1.82, 2.24) is 0 Å². The number of halogens is 1. The van der Waals surface area contributed by atoms with Crippen molar-refractivity contribution in [2.75, 3.05) is 13.2 Å². The van der Waals surface area contributed by atoms with Crippen LogP contribution in [0.15, 0.2) is 133 Å². The molecule has 0 amide bonds. The molecule has 1 atom stereocenters. The lowest BCUT2D eigenvalue weighted by molar-refractivity contribution is -0.0413. The molecule has 5 heteroatoms. The molecular formula is C31H28FNO3. The molecule has 0 aliphatic heterocycles. The summed E-state index contributed by atoms with van der Waals surface area (Å²) in [5.41, 5.74) is 2.25. The van der Waals surface area contributed by atoms with Gasteiger partial charge in [0.1, 0.15) is 17.1 Å². The highest BCUT2D eigenvalue weighted by Crippen LogP contribution is 2.40. The van der Waals surface area contributed by atoms with E-state index in [0.717, 1.165) is 16.7 Å². The summed E-state index contributed by atoms with van der Waals surface area (Å²) in [5, 5.41) is 12.7. The Morgan fingerprint density at radius 2 is 1.28 bits per heavy atom. The summed E-state index contributed by atoms with van der Waals surface area (Å²) in [7, 11) is 0. The van der Waals surface area contributed by atoms with Crippen molar-refractivity contribution in [2.45, 2.75) is 11.7 Å². The van der Waals surface area contributed by atoms with Crippen LogP contribution in [0, 0.1) is 5.82 Å².